The standard InChI is InChI=1S/C18H28FNO/c1-18(2,3)20-12-13-7-5-6-8-15(13)16-11-14(19)9-10-17(16)21-4/h9-11,13,15,20H,5-8,12H2,1-4H3. The van der Waals surface area contributed by atoms with E-state index in [0.717, 1.165) is 24.3 Å². The third kappa shape index (κ3) is 4.44. The van der Waals surface area contributed by atoms with Gasteiger partial charge in [0.15, 0.2) is 0 Å². The first-order valence-electron chi connectivity index (χ1n) is 7.99. The molecule has 0 amide bonds. The molecule has 21 heavy (non-hydrogen) atoms. The summed E-state index contributed by atoms with van der Waals surface area (Å²) in [4.78, 5) is 0. The lowest BCUT2D eigenvalue weighted by atomic mass is 9.75. The van der Waals surface area contributed by atoms with Crippen LogP contribution in [0.4, 0.5) is 4.39 Å². The van der Waals surface area contributed by atoms with E-state index in [1.807, 2.05) is 0 Å². The molecule has 1 aromatic carbocycles. The Bertz CT molecular complexity index is 467. The van der Waals surface area contributed by atoms with Crippen molar-refractivity contribution >= 4 is 0 Å². The second kappa shape index (κ2) is 6.78. The molecule has 1 aliphatic rings. The highest BCUT2D eigenvalue weighted by Gasteiger charge is 2.29. The van der Waals surface area contributed by atoms with E-state index in [-0.39, 0.29) is 11.4 Å². The molecule has 2 nitrogen and oxygen atoms in total. The van der Waals surface area contributed by atoms with Crippen molar-refractivity contribution in [1.82, 2.24) is 5.32 Å². The Kier molecular flexibility index (Phi) is 5.26. The lowest BCUT2D eigenvalue weighted by Crippen LogP contribution is -2.41. The molecule has 3 heteroatoms. The first-order chi connectivity index (χ1) is 9.90. The first-order valence-corrected chi connectivity index (χ1v) is 7.99. The number of nitrogens with one attached hydrogen (secondary N) is 1. The molecule has 1 aliphatic carbocycles. The molecule has 2 rings (SSSR count). The normalized spacial score (nSPS) is 23.1. The smallest absolute Gasteiger partial charge is 0.123 e. The summed E-state index contributed by atoms with van der Waals surface area (Å²) in [6.07, 6.45) is 4.81. The van der Waals surface area contributed by atoms with Gasteiger partial charge in [-0.05, 0) is 70.2 Å². The largest absolute Gasteiger partial charge is 0.496 e. The molecule has 0 radical (unpaired) electrons. The van der Waals surface area contributed by atoms with Gasteiger partial charge in [0.1, 0.15) is 11.6 Å². The fraction of sp³-hybridized carbons (Fsp3) is 0.667. The van der Waals surface area contributed by atoms with Crippen LogP contribution in [0.2, 0.25) is 0 Å². The molecule has 2 atom stereocenters. The molecule has 1 fully saturated rings. The summed E-state index contributed by atoms with van der Waals surface area (Å²) < 4.78 is 19.1. The predicted molar refractivity (Wildman–Crippen MR) is 85.4 cm³/mol. The van der Waals surface area contributed by atoms with Gasteiger partial charge in [-0.25, -0.2) is 4.39 Å². The number of benzene rings is 1. The summed E-state index contributed by atoms with van der Waals surface area (Å²) in [6.45, 7) is 7.54. The summed E-state index contributed by atoms with van der Waals surface area (Å²) in [6, 6.07) is 4.90. The van der Waals surface area contributed by atoms with E-state index in [9.17, 15) is 4.39 Å². The lowest BCUT2D eigenvalue weighted by Gasteiger charge is -2.35. The SMILES string of the molecule is COc1ccc(F)cc1C1CCCCC1CNC(C)(C)C. The Morgan fingerprint density at radius 3 is 2.62 bits per heavy atom. The van der Waals surface area contributed by atoms with Crippen LogP contribution in [0.1, 0.15) is 57.9 Å². The van der Waals surface area contributed by atoms with E-state index in [0.29, 0.717) is 11.8 Å². The Balaban J connectivity index is 2.20. The van der Waals surface area contributed by atoms with E-state index in [2.05, 4.69) is 26.1 Å². The number of ether oxygens (including phenoxy) is 1. The first kappa shape index (κ1) is 16.3. The quantitative estimate of drug-likeness (QED) is 0.882. The lowest BCUT2D eigenvalue weighted by molar-refractivity contribution is 0.264. The average Bonchev–Trinajstić information content (AvgIpc) is 2.44. The van der Waals surface area contributed by atoms with E-state index < -0.39 is 0 Å². The van der Waals surface area contributed by atoms with E-state index >= 15 is 0 Å². The monoisotopic (exact) mass is 293 g/mol. The van der Waals surface area contributed by atoms with Gasteiger partial charge < -0.3 is 10.1 Å². The van der Waals surface area contributed by atoms with Gasteiger partial charge in [-0.3, -0.25) is 0 Å². The van der Waals surface area contributed by atoms with Gasteiger partial charge in [0.25, 0.3) is 0 Å². The molecule has 2 unspecified atom stereocenters. The van der Waals surface area contributed by atoms with Crippen LogP contribution in [0.15, 0.2) is 18.2 Å². The predicted octanol–water partition coefficient (Wildman–Crippen LogP) is 4.50. The van der Waals surface area contributed by atoms with Crippen molar-refractivity contribution in [2.75, 3.05) is 13.7 Å². The second-order valence-electron chi connectivity index (χ2n) is 7.17. The molecule has 0 spiro atoms. The zero-order valence-electron chi connectivity index (χ0n) is 13.7. The van der Waals surface area contributed by atoms with Crippen LogP contribution < -0.4 is 10.1 Å². The van der Waals surface area contributed by atoms with Crippen LogP contribution in [0.25, 0.3) is 0 Å². The highest BCUT2D eigenvalue weighted by Crippen LogP contribution is 2.41. The van der Waals surface area contributed by atoms with Gasteiger partial charge in [0, 0.05) is 11.1 Å². The highest BCUT2D eigenvalue weighted by molar-refractivity contribution is 5.37. The van der Waals surface area contributed by atoms with Gasteiger partial charge in [0.05, 0.1) is 7.11 Å². The van der Waals surface area contributed by atoms with Crippen molar-refractivity contribution in [3.05, 3.63) is 29.6 Å². The Morgan fingerprint density at radius 1 is 1.24 bits per heavy atom. The van der Waals surface area contributed by atoms with Gasteiger partial charge >= 0.3 is 0 Å². The fourth-order valence-electron chi connectivity index (χ4n) is 3.29. The molecule has 0 aromatic heterocycles. The summed E-state index contributed by atoms with van der Waals surface area (Å²) >= 11 is 0. The number of hydrogen-bond acceptors (Lipinski definition) is 2. The van der Waals surface area contributed by atoms with Crippen LogP contribution in [0.3, 0.4) is 0 Å². The van der Waals surface area contributed by atoms with Crippen molar-refractivity contribution in [2.45, 2.75) is 57.9 Å². The molecule has 0 aliphatic heterocycles. The fourth-order valence-corrected chi connectivity index (χ4v) is 3.29. The maximum atomic E-state index is 13.7. The number of hydrogen-bond donors (Lipinski definition) is 1. The average molecular weight is 293 g/mol. The van der Waals surface area contributed by atoms with Crippen LogP contribution in [0, 0.1) is 11.7 Å². The third-order valence-corrected chi connectivity index (χ3v) is 4.39. The van der Waals surface area contributed by atoms with E-state index in [1.165, 1.54) is 25.3 Å². The summed E-state index contributed by atoms with van der Waals surface area (Å²) in [7, 11) is 1.67. The minimum atomic E-state index is -0.168. The van der Waals surface area contributed by atoms with Crippen molar-refractivity contribution in [1.29, 1.82) is 0 Å². The Hall–Kier alpha value is -1.09. The Labute approximate surface area is 128 Å². The van der Waals surface area contributed by atoms with Crippen LogP contribution in [0.5, 0.6) is 5.75 Å². The zero-order valence-corrected chi connectivity index (χ0v) is 13.7. The summed E-state index contributed by atoms with van der Waals surface area (Å²) in [5.74, 6) is 1.59. The molecular formula is C18H28FNO. The molecule has 118 valence electrons. The van der Waals surface area contributed by atoms with Crippen LogP contribution in [-0.2, 0) is 0 Å². The topological polar surface area (TPSA) is 21.3 Å². The van der Waals surface area contributed by atoms with Crippen LogP contribution in [-0.4, -0.2) is 19.2 Å². The maximum absolute atomic E-state index is 13.7. The summed E-state index contributed by atoms with van der Waals surface area (Å²) in [5.41, 5.74) is 1.16. The minimum Gasteiger partial charge on any atom is -0.496 e. The maximum Gasteiger partial charge on any atom is 0.123 e. The molecule has 1 aromatic rings. The molecule has 0 bridgehead atoms. The van der Waals surface area contributed by atoms with Crippen LogP contribution >= 0.6 is 0 Å². The van der Waals surface area contributed by atoms with Crippen molar-refractivity contribution in [3.8, 4) is 5.75 Å². The number of methoxy groups -OCH3 is 1. The van der Waals surface area contributed by atoms with Gasteiger partial charge in [-0.1, -0.05) is 12.8 Å². The van der Waals surface area contributed by atoms with E-state index in [4.69, 9.17) is 4.74 Å². The molecule has 1 N–H and O–H groups in total. The highest BCUT2D eigenvalue weighted by atomic mass is 19.1. The summed E-state index contributed by atoms with van der Waals surface area (Å²) in [5, 5.41) is 3.61. The minimum absolute atomic E-state index is 0.119. The van der Waals surface area contributed by atoms with Crippen molar-refractivity contribution in [2.24, 2.45) is 5.92 Å². The van der Waals surface area contributed by atoms with Gasteiger partial charge in [0.2, 0.25) is 0 Å². The molecule has 0 saturated heterocycles. The van der Waals surface area contributed by atoms with Gasteiger partial charge in [-0.15, -0.1) is 0 Å². The zero-order chi connectivity index (χ0) is 15.5. The Morgan fingerprint density at radius 2 is 1.95 bits per heavy atom. The molecule has 1 saturated carbocycles. The third-order valence-electron chi connectivity index (χ3n) is 4.39. The number of halogens is 1. The van der Waals surface area contributed by atoms with Crippen molar-refractivity contribution in [3.63, 3.8) is 0 Å². The van der Waals surface area contributed by atoms with E-state index in [1.54, 1.807) is 19.2 Å². The number of rotatable bonds is 4. The van der Waals surface area contributed by atoms with Crippen molar-refractivity contribution < 1.29 is 9.13 Å². The second-order valence-corrected chi connectivity index (χ2v) is 7.17. The molecular weight excluding hydrogens is 265 g/mol. The molecule has 0 heterocycles. The van der Waals surface area contributed by atoms with Gasteiger partial charge in [-0.2, -0.15) is 0 Å².